The molecule has 2 heteroatoms. The van der Waals surface area contributed by atoms with Gasteiger partial charge < -0.3 is 5.32 Å². The summed E-state index contributed by atoms with van der Waals surface area (Å²) in [6.45, 7) is 8.80. The highest BCUT2D eigenvalue weighted by Crippen LogP contribution is 2.29. The van der Waals surface area contributed by atoms with Gasteiger partial charge in [0.1, 0.15) is 0 Å². The fraction of sp³-hybridized carbons (Fsp3) is 0.400. The van der Waals surface area contributed by atoms with Crippen LogP contribution in [0.5, 0.6) is 0 Å². The van der Waals surface area contributed by atoms with Crippen LogP contribution in [-0.2, 0) is 0 Å². The molecule has 1 aliphatic heterocycles. The van der Waals surface area contributed by atoms with Crippen molar-refractivity contribution in [3.8, 4) is 0 Å². The normalized spacial score (nSPS) is 17.9. The van der Waals surface area contributed by atoms with Crippen LogP contribution in [0.2, 0.25) is 0 Å². The van der Waals surface area contributed by atoms with E-state index in [0.717, 1.165) is 26.2 Å². The molecule has 3 rings (SSSR count). The summed E-state index contributed by atoms with van der Waals surface area (Å²) in [5.41, 5.74) is 5.47. The smallest absolute Gasteiger partial charge is 0.0602 e. The van der Waals surface area contributed by atoms with Crippen molar-refractivity contribution in [3.05, 3.63) is 70.8 Å². The minimum Gasteiger partial charge on any atom is -0.315 e. The Morgan fingerprint density at radius 3 is 2.45 bits per heavy atom. The molecular weight excluding hydrogens is 268 g/mol. The summed E-state index contributed by atoms with van der Waals surface area (Å²) in [6, 6.07) is 18.4. The molecule has 22 heavy (non-hydrogen) atoms. The molecule has 1 atom stereocenters. The molecule has 1 unspecified atom stereocenters. The molecule has 1 fully saturated rings. The SMILES string of the molecule is Cc1ccc(C(c2cccc(C)c2)N2CCCNCC2)cc1. The van der Waals surface area contributed by atoms with Crippen molar-refractivity contribution in [2.75, 3.05) is 26.2 Å². The predicted octanol–water partition coefficient (Wildman–Crippen LogP) is 3.69. The molecule has 2 aromatic carbocycles. The first kappa shape index (κ1) is 15.3. The molecule has 1 N–H and O–H groups in total. The van der Waals surface area contributed by atoms with Crippen LogP contribution in [0.4, 0.5) is 0 Å². The van der Waals surface area contributed by atoms with E-state index >= 15 is 0 Å². The van der Waals surface area contributed by atoms with Crippen LogP contribution in [-0.4, -0.2) is 31.1 Å². The maximum Gasteiger partial charge on any atom is 0.0602 e. The van der Waals surface area contributed by atoms with E-state index in [9.17, 15) is 0 Å². The van der Waals surface area contributed by atoms with Gasteiger partial charge in [0.15, 0.2) is 0 Å². The van der Waals surface area contributed by atoms with Crippen LogP contribution in [0.3, 0.4) is 0 Å². The van der Waals surface area contributed by atoms with Gasteiger partial charge in [0.05, 0.1) is 6.04 Å². The van der Waals surface area contributed by atoms with Gasteiger partial charge in [-0.1, -0.05) is 59.7 Å². The third-order valence-corrected chi connectivity index (χ3v) is 4.49. The fourth-order valence-electron chi connectivity index (χ4n) is 3.33. The molecule has 0 bridgehead atoms. The molecule has 1 saturated heterocycles. The lowest BCUT2D eigenvalue weighted by molar-refractivity contribution is 0.241. The third-order valence-electron chi connectivity index (χ3n) is 4.49. The van der Waals surface area contributed by atoms with Gasteiger partial charge in [-0.3, -0.25) is 4.90 Å². The lowest BCUT2D eigenvalue weighted by Gasteiger charge is -2.31. The van der Waals surface area contributed by atoms with Gasteiger partial charge in [0.2, 0.25) is 0 Å². The lowest BCUT2D eigenvalue weighted by atomic mass is 9.95. The second kappa shape index (κ2) is 7.08. The Morgan fingerprint density at radius 1 is 0.864 bits per heavy atom. The molecule has 0 radical (unpaired) electrons. The maximum atomic E-state index is 3.51. The molecular formula is C20H26N2. The molecule has 1 aliphatic rings. The fourth-order valence-corrected chi connectivity index (χ4v) is 3.33. The van der Waals surface area contributed by atoms with E-state index in [4.69, 9.17) is 0 Å². The van der Waals surface area contributed by atoms with Crippen molar-refractivity contribution >= 4 is 0 Å². The average molecular weight is 294 g/mol. The number of nitrogens with one attached hydrogen (secondary N) is 1. The quantitative estimate of drug-likeness (QED) is 0.929. The Kier molecular flexibility index (Phi) is 4.91. The van der Waals surface area contributed by atoms with Gasteiger partial charge in [0.25, 0.3) is 0 Å². The van der Waals surface area contributed by atoms with Crippen molar-refractivity contribution in [1.82, 2.24) is 10.2 Å². The third kappa shape index (κ3) is 3.57. The summed E-state index contributed by atoms with van der Waals surface area (Å²) in [5, 5.41) is 3.51. The first-order valence-corrected chi connectivity index (χ1v) is 8.32. The topological polar surface area (TPSA) is 15.3 Å². The zero-order valence-corrected chi connectivity index (χ0v) is 13.7. The number of hydrogen-bond donors (Lipinski definition) is 1. The van der Waals surface area contributed by atoms with Crippen LogP contribution >= 0.6 is 0 Å². The molecule has 0 amide bonds. The summed E-state index contributed by atoms with van der Waals surface area (Å²) < 4.78 is 0. The highest BCUT2D eigenvalue weighted by atomic mass is 15.2. The van der Waals surface area contributed by atoms with Crippen molar-refractivity contribution in [3.63, 3.8) is 0 Å². The first-order chi connectivity index (χ1) is 10.7. The van der Waals surface area contributed by atoms with Crippen molar-refractivity contribution in [1.29, 1.82) is 0 Å². The van der Waals surface area contributed by atoms with Crippen molar-refractivity contribution in [2.24, 2.45) is 0 Å². The van der Waals surface area contributed by atoms with Crippen LogP contribution in [0.15, 0.2) is 48.5 Å². The molecule has 0 aromatic heterocycles. The van der Waals surface area contributed by atoms with Crippen molar-refractivity contribution < 1.29 is 0 Å². The molecule has 0 saturated carbocycles. The number of aryl methyl sites for hydroxylation is 2. The Bertz CT molecular complexity index is 595. The van der Waals surface area contributed by atoms with Crippen LogP contribution in [0, 0.1) is 13.8 Å². The Labute approximate surface area is 134 Å². The van der Waals surface area contributed by atoms with Crippen molar-refractivity contribution in [2.45, 2.75) is 26.3 Å². The zero-order valence-electron chi connectivity index (χ0n) is 13.7. The summed E-state index contributed by atoms with van der Waals surface area (Å²) in [4.78, 5) is 2.62. The van der Waals surface area contributed by atoms with Gasteiger partial charge in [-0.15, -0.1) is 0 Å². The second-order valence-corrected chi connectivity index (χ2v) is 6.37. The largest absolute Gasteiger partial charge is 0.315 e. The maximum absolute atomic E-state index is 3.51. The first-order valence-electron chi connectivity index (χ1n) is 8.32. The standard InChI is InChI=1S/C20H26N2/c1-16-7-9-18(10-8-16)20(19-6-3-5-17(2)15-19)22-13-4-11-21-12-14-22/h3,5-10,15,20-21H,4,11-14H2,1-2H3. The molecule has 2 nitrogen and oxygen atoms in total. The van der Waals surface area contributed by atoms with Gasteiger partial charge in [-0.25, -0.2) is 0 Å². The number of hydrogen-bond acceptors (Lipinski definition) is 2. The molecule has 0 aliphatic carbocycles. The lowest BCUT2D eigenvalue weighted by Crippen LogP contribution is -2.33. The number of benzene rings is 2. The van der Waals surface area contributed by atoms with Gasteiger partial charge in [-0.05, 0) is 37.9 Å². The van der Waals surface area contributed by atoms with Crippen LogP contribution < -0.4 is 5.32 Å². The summed E-state index contributed by atoms with van der Waals surface area (Å²) >= 11 is 0. The van der Waals surface area contributed by atoms with E-state index in [-0.39, 0.29) is 0 Å². The van der Waals surface area contributed by atoms with E-state index in [1.165, 1.54) is 28.7 Å². The van der Waals surface area contributed by atoms with Gasteiger partial charge in [0, 0.05) is 19.6 Å². The van der Waals surface area contributed by atoms with Crippen LogP contribution in [0.25, 0.3) is 0 Å². The predicted molar refractivity (Wildman–Crippen MR) is 93.3 cm³/mol. The zero-order chi connectivity index (χ0) is 15.4. The Morgan fingerprint density at radius 2 is 1.68 bits per heavy atom. The summed E-state index contributed by atoms with van der Waals surface area (Å²) in [7, 11) is 0. The molecule has 116 valence electrons. The van der Waals surface area contributed by atoms with E-state index in [1.54, 1.807) is 0 Å². The number of rotatable bonds is 3. The van der Waals surface area contributed by atoms with Crippen LogP contribution in [0.1, 0.15) is 34.7 Å². The monoisotopic (exact) mass is 294 g/mol. The summed E-state index contributed by atoms with van der Waals surface area (Å²) in [6.07, 6.45) is 1.22. The minimum absolute atomic E-state index is 0.361. The van der Waals surface area contributed by atoms with Gasteiger partial charge in [-0.2, -0.15) is 0 Å². The van der Waals surface area contributed by atoms with E-state index < -0.39 is 0 Å². The van der Waals surface area contributed by atoms with Gasteiger partial charge >= 0.3 is 0 Å². The van der Waals surface area contributed by atoms with E-state index in [2.05, 4.69) is 72.6 Å². The minimum atomic E-state index is 0.361. The number of nitrogens with zero attached hydrogens (tertiary/aromatic N) is 1. The Hall–Kier alpha value is -1.64. The molecule has 2 aromatic rings. The highest BCUT2D eigenvalue weighted by molar-refractivity contribution is 5.35. The van der Waals surface area contributed by atoms with E-state index in [0.29, 0.717) is 6.04 Å². The molecule has 0 spiro atoms. The molecule has 1 heterocycles. The average Bonchev–Trinajstić information content (AvgIpc) is 2.79. The van der Waals surface area contributed by atoms with E-state index in [1.807, 2.05) is 0 Å². The summed E-state index contributed by atoms with van der Waals surface area (Å²) in [5.74, 6) is 0. The second-order valence-electron chi connectivity index (χ2n) is 6.37. The Balaban J connectivity index is 1.99. The highest BCUT2D eigenvalue weighted by Gasteiger charge is 2.23.